The van der Waals surface area contributed by atoms with Crippen LogP contribution in [0, 0.1) is 17.6 Å². The lowest BCUT2D eigenvalue weighted by Gasteiger charge is -2.23. The SMILES string of the molecule is CCOC(=O)C[C@@H](C(=O)OCC)[C@@H](NC(=O)c1cc(F)cc(F)c1)C(N)=O. The van der Waals surface area contributed by atoms with Crippen molar-refractivity contribution in [2.24, 2.45) is 11.7 Å². The molecule has 0 saturated carbocycles. The molecular weight excluding hydrogens is 366 g/mol. The second-order valence-electron chi connectivity index (χ2n) is 5.38. The molecule has 0 bridgehead atoms. The highest BCUT2D eigenvalue weighted by molar-refractivity contribution is 5.99. The topological polar surface area (TPSA) is 125 Å². The molecule has 0 radical (unpaired) electrons. The minimum Gasteiger partial charge on any atom is -0.466 e. The molecule has 1 aromatic rings. The van der Waals surface area contributed by atoms with Crippen LogP contribution in [0.2, 0.25) is 0 Å². The van der Waals surface area contributed by atoms with E-state index in [4.69, 9.17) is 15.2 Å². The average Bonchev–Trinajstić information content (AvgIpc) is 2.57. The maximum atomic E-state index is 13.3. The number of ether oxygens (including phenoxy) is 2. The van der Waals surface area contributed by atoms with Crippen LogP contribution in [0.1, 0.15) is 30.6 Å². The molecule has 2 atom stereocenters. The van der Waals surface area contributed by atoms with Crippen LogP contribution in [-0.2, 0) is 23.9 Å². The van der Waals surface area contributed by atoms with Gasteiger partial charge in [0.25, 0.3) is 5.91 Å². The minimum atomic E-state index is -1.66. The molecular formula is C17H20F2N2O6. The van der Waals surface area contributed by atoms with Crippen molar-refractivity contribution in [1.82, 2.24) is 5.32 Å². The van der Waals surface area contributed by atoms with Crippen LogP contribution in [0.15, 0.2) is 18.2 Å². The first-order valence-corrected chi connectivity index (χ1v) is 8.08. The van der Waals surface area contributed by atoms with Crippen LogP contribution in [0.25, 0.3) is 0 Å². The fourth-order valence-electron chi connectivity index (χ4n) is 2.27. The molecule has 3 N–H and O–H groups in total. The van der Waals surface area contributed by atoms with Gasteiger partial charge >= 0.3 is 11.9 Å². The Morgan fingerprint density at radius 1 is 1.04 bits per heavy atom. The first-order chi connectivity index (χ1) is 12.7. The van der Waals surface area contributed by atoms with Crippen molar-refractivity contribution in [2.45, 2.75) is 26.3 Å². The first-order valence-electron chi connectivity index (χ1n) is 8.08. The number of carbonyl (C=O) groups is 4. The lowest BCUT2D eigenvalue weighted by molar-refractivity contribution is -0.156. The van der Waals surface area contributed by atoms with E-state index in [-0.39, 0.29) is 13.2 Å². The first kappa shape index (κ1) is 22.0. The van der Waals surface area contributed by atoms with Gasteiger partial charge in [-0.15, -0.1) is 0 Å². The Labute approximate surface area is 154 Å². The summed E-state index contributed by atoms with van der Waals surface area (Å²) in [5, 5.41) is 2.12. The molecule has 0 unspecified atom stereocenters. The van der Waals surface area contributed by atoms with E-state index in [0.717, 1.165) is 12.1 Å². The number of benzene rings is 1. The molecule has 0 heterocycles. The van der Waals surface area contributed by atoms with E-state index in [1.54, 1.807) is 6.92 Å². The fraction of sp³-hybridized carbons (Fsp3) is 0.412. The van der Waals surface area contributed by atoms with E-state index < -0.39 is 59.3 Å². The lowest BCUT2D eigenvalue weighted by atomic mass is 9.95. The van der Waals surface area contributed by atoms with Crippen molar-refractivity contribution in [3.05, 3.63) is 35.4 Å². The molecule has 0 saturated heterocycles. The Morgan fingerprint density at radius 3 is 2.07 bits per heavy atom. The molecule has 0 aliphatic carbocycles. The Kier molecular flexibility index (Phi) is 8.31. The van der Waals surface area contributed by atoms with Crippen LogP contribution in [0.3, 0.4) is 0 Å². The average molecular weight is 386 g/mol. The summed E-state index contributed by atoms with van der Waals surface area (Å²) in [4.78, 5) is 47.9. The Hall–Kier alpha value is -3.04. The van der Waals surface area contributed by atoms with Crippen molar-refractivity contribution in [3.8, 4) is 0 Å². The highest BCUT2D eigenvalue weighted by atomic mass is 19.1. The summed E-state index contributed by atoms with van der Waals surface area (Å²) in [6.45, 7) is 3.03. The standard InChI is InChI=1S/C17H20F2N2O6/c1-3-26-13(22)8-12(17(25)27-4-2)14(15(20)23)21-16(24)9-5-10(18)7-11(19)6-9/h5-7,12,14H,3-4,8H2,1-2H3,(H2,20,23)(H,21,24)/t12-,14-/m1/s1. The van der Waals surface area contributed by atoms with Gasteiger partial charge in [-0.25, -0.2) is 8.78 Å². The summed E-state index contributed by atoms with van der Waals surface area (Å²) in [5.41, 5.74) is 4.81. The van der Waals surface area contributed by atoms with E-state index in [9.17, 15) is 28.0 Å². The largest absolute Gasteiger partial charge is 0.466 e. The van der Waals surface area contributed by atoms with Crippen LogP contribution >= 0.6 is 0 Å². The fourth-order valence-corrected chi connectivity index (χ4v) is 2.27. The van der Waals surface area contributed by atoms with E-state index >= 15 is 0 Å². The zero-order valence-electron chi connectivity index (χ0n) is 14.8. The van der Waals surface area contributed by atoms with Crippen molar-refractivity contribution in [3.63, 3.8) is 0 Å². The van der Waals surface area contributed by atoms with Crippen LogP contribution in [0.4, 0.5) is 8.78 Å². The summed E-state index contributed by atoms with van der Waals surface area (Å²) in [5.74, 6) is -7.46. The molecule has 0 aliphatic rings. The summed E-state index contributed by atoms with van der Waals surface area (Å²) in [6, 6.07) is 0.375. The van der Waals surface area contributed by atoms with Crippen molar-refractivity contribution >= 4 is 23.8 Å². The molecule has 1 rings (SSSR count). The molecule has 10 heteroatoms. The third-order valence-corrected chi connectivity index (χ3v) is 3.40. The van der Waals surface area contributed by atoms with Crippen LogP contribution < -0.4 is 11.1 Å². The van der Waals surface area contributed by atoms with Gasteiger partial charge in [0, 0.05) is 11.6 Å². The van der Waals surface area contributed by atoms with Crippen molar-refractivity contribution < 1.29 is 37.4 Å². The molecule has 27 heavy (non-hydrogen) atoms. The maximum absolute atomic E-state index is 13.3. The number of amides is 2. The monoisotopic (exact) mass is 386 g/mol. The number of halogens is 2. The predicted molar refractivity (Wildman–Crippen MR) is 88.2 cm³/mol. The summed E-state index contributed by atoms with van der Waals surface area (Å²) < 4.78 is 36.1. The Balaban J connectivity index is 3.11. The maximum Gasteiger partial charge on any atom is 0.312 e. The van der Waals surface area contributed by atoms with E-state index in [2.05, 4.69) is 5.32 Å². The molecule has 148 valence electrons. The molecule has 0 aliphatic heterocycles. The molecule has 8 nitrogen and oxygen atoms in total. The third-order valence-electron chi connectivity index (χ3n) is 3.40. The van der Waals surface area contributed by atoms with Gasteiger partial charge in [0.2, 0.25) is 5.91 Å². The Bertz CT molecular complexity index is 705. The third kappa shape index (κ3) is 6.65. The van der Waals surface area contributed by atoms with Crippen molar-refractivity contribution in [1.29, 1.82) is 0 Å². The molecule has 0 aromatic heterocycles. The zero-order valence-corrected chi connectivity index (χ0v) is 14.8. The van der Waals surface area contributed by atoms with Gasteiger partial charge in [-0.2, -0.15) is 0 Å². The normalized spacial score (nSPS) is 12.6. The zero-order chi connectivity index (χ0) is 20.6. The van der Waals surface area contributed by atoms with Crippen LogP contribution in [0.5, 0.6) is 0 Å². The van der Waals surface area contributed by atoms with Gasteiger partial charge < -0.3 is 20.5 Å². The quantitative estimate of drug-likeness (QED) is 0.602. The van der Waals surface area contributed by atoms with E-state index in [1.165, 1.54) is 6.92 Å². The van der Waals surface area contributed by atoms with Gasteiger partial charge in [0.05, 0.1) is 25.6 Å². The minimum absolute atomic E-state index is 0.0323. The van der Waals surface area contributed by atoms with Gasteiger partial charge in [-0.1, -0.05) is 0 Å². The van der Waals surface area contributed by atoms with Gasteiger partial charge in [0.15, 0.2) is 0 Å². The number of hydrogen-bond donors (Lipinski definition) is 2. The Morgan fingerprint density at radius 2 is 1.59 bits per heavy atom. The predicted octanol–water partition coefficient (Wildman–Crippen LogP) is 0.681. The molecule has 0 fully saturated rings. The molecule has 1 aromatic carbocycles. The number of esters is 2. The van der Waals surface area contributed by atoms with Crippen LogP contribution in [-0.4, -0.2) is 43.0 Å². The van der Waals surface area contributed by atoms with Gasteiger partial charge in [0.1, 0.15) is 17.7 Å². The van der Waals surface area contributed by atoms with E-state index in [0.29, 0.717) is 6.07 Å². The lowest BCUT2D eigenvalue weighted by Crippen LogP contribution is -2.52. The second kappa shape index (κ2) is 10.2. The second-order valence-corrected chi connectivity index (χ2v) is 5.38. The molecule has 0 spiro atoms. The van der Waals surface area contributed by atoms with E-state index in [1.807, 2.05) is 0 Å². The summed E-state index contributed by atoms with van der Waals surface area (Å²) in [7, 11) is 0. The summed E-state index contributed by atoms with van der Waals surface area (Å²) in [6.07, 6.45) is -0.585. The highest BCUT2D eigenvalue weighted by Crippen LogP contribution is 2.15. The number of carbonyl (C=O) groups excluding carboxylic acids is 4. The van der Waals surface area contributed by atoms with Gasteiger partial charge in [-0.3, -0.25) is 19.2 Å². The smallest absolute Gasteiger partial charge is 0.312 e. The van der Waals surface area contributed by atoms with Crippen molar-refractivity contribution in [2.75, 3.05) is 13.2 Å². The summed E-state index contributed by atoms with van der Waals surface area (Å²) >= 11 is 0. The highest BCUT2D eigenvalue weighted by Gasteiger charge is 2.37. The molecule has 2 amide bonds. The number of rotatable bonds is 9. The number of primary amides is 1. The number of nitrogens with two attached hydrogens (primary N) is 1. The van der Waals surface area contributed by atoms with Gasteiger partial charge in [-0.05, 0) is 26.0 Å². The number of nitrogens with one attached hydrogen (secondary N) is 1. The number of hydrogen-bond acceptors (Lipinski definition) is 6.